The van der Waals surface area contributed by atoms with Gasteiger partial charge in [-0.3, -0.25) is 0 Å². The molecular formula is C12H15NOS. The van der Waals surface area contributed by atoms with E-state index in [0.717, 1.165) is 12.8 Å². The van der Waals surface area contributed by atoms with Gasteiger partial charge in [-0.05, 0) is 43.0 Å². The highest BCUT2D eigenvalue weighted by atomic mass is 32.1. The van der Waals surface area contributed by atoms with Gasteiger partial charge in [0.25, 0.3) is 0 Å². The van der Waals surface area contributed by atoms with E-state index in [0.29, 0.717) is 6.04 Å². The van der Waals surface area contributed by atoms with Gasteiger partial charge in [0.1, 0.15) is 0 Å². The largest absolute Gasteiger partial charge is 0.472 e. The summed E-state index contributed by atoms with van der Waals surface area (Å²) in [5.41, 5.74) is 1.26. The maximum absolute atomic E-state index is 5.07. The SMILES string of the molecule is CNC(Cc1ccoc1)Cc1cccs1. The van der Waals surface area contributed by atoms with Crippen LogP contribution in [0.2, 0.25) is 0 Å². The van der Waals surface area contributed by atoms with Crippen molar-refractivity contribution in [3.05, 3.63) is 46.5 Å². The number of thiophene rings is 1. The molecule has 1 atom stereocenters. The molecule has 3 heteroatoms. The second kappa shape index (κ2) is 5.14. The molecule has 15 heavy (non-hydrogen) atoms. The summed E-state index contributed by atoms with van der Waals surface area (Å²) in [4.78, 5) is 1.43. The Morgan fingerprint density at radius 3 is 2.93 bits per heavy atom. The molecule has 0 fully saturated rings. The molecule has 80 valence electrons. The fraction of sp³-hybridized carbons (Fsp3) is 0.333. The zero-order valence-corrected chi connectivity index (χ0v) is 9.59. The number of furan rings is 1. The maximum Gasteiger partial charge on any atom is 0.0935 e. The lowest BCUT2D eigenvalue weighted by molar-refractivity contribution is 0.540. The lowest BCUT2D eigenvalue weighted by Crippen LogP contribution is -2.29. The van der Waals surface area contributed by atoms with Crippen LogP contribution < -0.4 is 5.32 Å². The molecule has 0 aliphatic heterocycles. The standard InChI is InChI=1S/C12H15NOS/c1-13-11(7-10-4-5-14-9-10)8-12-3-2-6-15-12/h2-6,9,11,13H,7-8H2,1H3. The molecule has 1 N–H and O–H groups in total. The third kappa shape index (κ3) is 2.94. The molecule has 0 aliphatic carbocycles. The maximum atomic E-state index is 5.07. The highest BCUT2D eigenvalue weighted by Crippen LogP contribution is 2.13. The second-order valence-electron chi connectivity index (χ2n) is 3.60. The minimum Gasteiger partial charge on any atom is -0.472 e. The fourth-order valence-electron chi connectivity index (χ4n) is 1.64. The van der Waals surface area contributed by atoms with Gasteiger partial charge in [0.15, 0.2) is 0 Å². The molecule has 0 spiro atoms. The third-order valence-corrected chi connectivity index (χ3v) is 3.40. The Bertz CT molecular complexity index is 330. The molecule has 2 aromatic rings. The molecule has 2 rings (SSSR count). The molecule has 0 saturated heterocycles. The summed E-state index contributed by atoms with van der Waals surface area (Å²) in [6.07, 6.45) is 5.65. The van der Waals surface area contributed by atoms with Gasteiger partial charge in [-0.2, -0.15) is 0 Å². The van der Waals surface area contributed by atoms with Crippen LogP contribution in [0.3, 0.4) is 0 Å². The zero-order chi connectivity index (χ0) is 10.5. The van der Waals surface area contributed by atoms with Crippen molar-refractivity contribution < 1.29 is 4.42 Å². The minimum absolute atomic E-state index is 0.487. The van der Waals surface area contributed by atoms with Gasteiger partial charge in [-0.1, -0.05) is 6.07 Å². The van der Waals surface area contributed by atoms with Crippen LogP contribution in [0.1, 0.15) is 10.4 Å². The predicted molar refractivity (Wildman–Crippen MR) is 63.3 cm³/mol. The lowest BCUT2D eigenvalue weighted by atomic mass is 10.1. The molecule has 0 bridgehead atoms. The molecular weight excluding hydrogens is 206 g/mol. The molecule has 0 saturated carbocycles. The van der Waals surface area contributed by atoms with E-state index < -0.39 is 0 Å². The highest BCUT2D eigenvalue weighted by molar-refractivity contribution is 7.09. The first-order chi connectivity index (χ1) is 7.38. The molecule has 1 unspecified atom stereocenters. The van der Waals surface area contributed by atoms with E-state index >= 15 is 0 Å². The number of nitrogens with one attached hydrogen (secondary N) is 1. The minimum atomic E-state index is 0.487. The van der Waals surface area contributed by atoms with E-state index in [9.17, 15) is 0 Å². The van der Waals surface area contributed by atoms with E-state index in [1.807, 2.05) is 30.7 Å². The van der Waals surface area contributed by atoms with Gasteiger partial charge in [0, 0.05) is 10.9 Å². The van der Waals surface area contributed by atoms with E-state index in [4.69, 9.17) is 4.42 Å². The van der Waals surface area contributed by atoms with Crippen LogP contribution in [0.5, 0.6) is 0 Å². The van der Waals surface area contributed by atoms with Crippen LogP contribution in [0.4, 0.5) is 0 Å². The molecule has 2 aromatic heterocycles. The number of rotatable bonds is 5. The summed E-state index contributed by atoms with van der Waals surface area (Å²) in [5, 5.41) is 5.47. The van der Waals surface area contributed by atoms with Crippen molar-refractivity contribution in [3.63, 3.8) is 0 Å². The number of hydrogen-bond acceptors (Lipinski definition) is 3. The second-order valence-corrected chi connectivity index (χ2v) is 4.64. The number of hydrogen-bond donors (Lipinski definition) is 1. The molecule has 0 aliphatic rings. The van der Waals surface area contributed by atoms with Gasteiger partial charge in [0.2, 0.25) is 0 Å². The average Bonchev–Trinajstić information content (AvgIpc) is 2.89. The van der Waals surface area contributed by atoms with E-state index in [-0.39, 0.29) is 0 Å². The average molecular weight is 221 g/mol. The van der Waals surface area contributed by atoms with E-state index in [2.05, 4.69) is 22.8 Å². The third-order valence-electron chi connectivity index (χ3n) is 2.50. The Labute approximate surface area is 93.9 Å². The van der Waals surface area contributed by atoms with Crippen molar-refractivity contribution in [1.29, 1.82) is 0 Å². The fourth-order valence-corrected chi connectivity index (χ4v) is 2.43. The van der Waals surface area contributed by atoms with Crippen molar-refractivity contribution in [2.75, 3.05) is 7.05 Å². The summed E-state index contributed by atoms with van der Waals surface area (Å²) >= 11 is 1.82. The van der Waals surface area contributed by atoms with Crippen molar-refractivity contribution in [1.82, 2.24) is 5.32 Å². The summed E-state index contributed by atoms with van der Waals surface area (Å²) in [6, 6.07) is 6.80. The van der Waals surface area contributed by atoms with Crippen LogP contribution in [-0.2, 0) is 12.8 Å². The smallest absolute Gasteiger partial charge is 0.0935 e. The Hall–Kier alpha value is -1.06. The van der Waals surface area contributed by atoms with Crippen molar-refractivity contribution in [2.24, 2.45) is 0 Å². The number of likely N-dealkylation sites (N-methyl/N-ethyl adjacent to an activating group) is 1. The summed E-state index contributed by atoms with van der Waals surface area (Å²) in [6.45, 7) is 0. The van der Waals surface area contributed by atoms with Crippen molar-refractivity contribution in [3.8, 4) is 0 Å². The van der Waals surface area contributed by atoms with Gasteiger partial charge < -0.3 is 9.73 Å². The normalized spacial score (nSPS) is 12.9. The Morgan fingerprint density at radius 2 is 2.33 bits per heavy atom. The Kier molecular flexibility index (Phi) is 3.59. The lowest BCUT2D eigenvalue weighted by Gasteiger charge is -2.13. The zero-order valence-electron chi connectivity index (χ0n) is 8.77. The van der Waals surface area contributed by atoms with Crippen LogP contribution >= 0.6 is 11.3 Å². The highest BCUT2D eigenvalue weighted by Gasteiger charge is 2.09. The first-order valence-corrected chi connectivity index (χ1v) is 5.97. The van der Waals surface area contributed by atoms with Gasteiger partial charge in [0.05, 0.1) is 12.5 Å². The first kappa shape index (κ1) is 10.5. The first-order valence-electron chi connectivity index (χ1n) is 5.09. The van der Waals surface area contributed by atoms with Crippen molar-refractivity contribution >= 4 is 11.3 Å². The van der Waals surface area contributed by atoms with Crippen LogP contribution in [0.25, 0.3) is 0 Å². The van der Waals surface area contributed by atoms with Gasteiger partial charge in [-0.25, -0.2) is 0 Å². The van der Waals surface area contributed by atoms with Crippen LogP contribution in [0.15, 0.2) is 40.5 Å². The topological polar surface area (TPSA) is 25.2 Å². The quantitative estimate of drug-likeness (QED) is 0.839. The summed E-state index contributed by atoms with van der Waals surface area (Å²) in [7, 11) is 2.01. The van der Waals surface area contributed by atoms with Gasteiger partial charge >= 0.3 is 0 Å². The Morgan fingerprint density at radius 1 is 1.40 bits per heavy atom. The molecule has 2 nitrogen and oxygen atoms in total. The van der Waals surface area contributed by atoms with Crippen LogP contribution in [-0.4, -0.2) is 13.1 Å². The van der Waals surface area contributed by atoms with E-state index in [1.165, 1.54) is 10.4 Å². The van der Waals surface area contributed by atoms with Gasteiger partial charge in [-0.15, -0.1) is 11.3 Å². The van der Waals surface area contributed by atoms with E-state index in [1.54, 1.807) is 6.26 Å². The Balaban J connectivity index is 1.93. The monoisotopic (exact) mass is 221 g/mol. The molecule has 2 heterocycles. The van der Waals surface area contributed by atoms with Crippen LogP contribution in [0, 0.1) is 0 Å². The molecule has 0 aromatic carbocycles. The summed E-state index contributed by atoms with van der Waals surface area (Å²) < 4.78 is 5.07. The molecule has 0 radical (unpaired) electrons. The summed E-state index contributed by atoms with van der Waals surface area (Å²) in [5.74, 6) is 0. The molecule has 0 amide bonds. The van der Waals surface area contributed by atoms with Crippen molar-refractivity contribution in [2.45, 2.75) is 18.9 Å². The predicted octanol–water partition coefficient (Wildman–Crippen LogP) is 2.71.